The van der Waals surface area contributed by atoms with Crippen molar-refractivity contribution >= 4 is 15.9 Å². The Morgan fingerprint density at radius 1 is 1.31 bits per heavy atom. The van der Waals surface area contributed by atoms with E-state index in [4.69, 9.17) is 4.74 Å². The zero-order valence-corrected chi connectivity index (χ0v) is 10.2. The number of rotatable bonds is 1. The zero-order valence-electron chi connectivity index (χ0n) is 8.64. The van der Waals surface area contributed by atoms with Gasteiger partial charge in [-0.25, -0.2) is 0 Å². The minimum Gasteiger partial charge on any atom is -0.365 e. The summed E-state index contributed by atoms with van der Waals surface area (Å²) in [7, 11) is 0. The van der Waals surface area contributed by atoms with Gasteiger partial charge in [-0.05, 0) is 27.6 Å². The number of aromatic nitrogens is 2. The second kappa shape index (κ2) is 4.03. The van der Waals surface area contributed by atoms with Crippen LogP contribution in [0.4, 0.5) is 0 Å². The molecule has 82 valence electrons. The van der Waals surface area contributed by atoms with Gasteiger partial charge in [-0.1, -0.05) is 30.3 Å². The molecule has 0 saturated heterocycles. The summed E-state index contributed by atoms with van der Waals surface area (Å²) in [6.45, 7) is 1.53. The standard InChI is InChI=1S/C12H11BrN2O/c13-11-8-10-12(9-4-2-1-3-5-9)16-7-6-15(10)14-11/h1-5,8,12H,6-7H2. The molecule has 1 aromatic heterocycles. The molecule has 3 nitrogen and oxygen atoms in total. The summed E-state index contributed by atoms with van der Waals surface area (Å²) in [5.41, 5.74) is 2.29. The zero-order chi connectivity index (χ0) is 11.0. The van der Waals surface area contributed by atoms with Gasteiger partial charge in [-0.3, -0.25) is 4.68 Å². The molecule has 4 heteroatoms. The van der Waals surface area contributed by atoms with Crippen LogP contribution < -0.4 is 0 Å². The van der Waals surface area contributed by atoms with Gasteiger partial charge in [0.25, 0.3) is 0 Å². The van der Waals surface area contributed by atoms with Gasteiger partial charge in [0.15, 0.2) is 0 Å². The first kappa shape index (κ1) is 10.1. The van der Waals surface area contributed by atoms with Crippen LogP contribution in [0.25, 0.3) is 0 Å². The van der Waals surface area contributed by atoms with Gasteiger partial charge >= 0.3 is 0 Å². The third-order valence-electron chi connectivity index (χ3n) is 2.74. The number of nitrogens with zero attached hydrogens (tertiary/aromatic N) is 2. The molecule has 1 aliphatic heterocycles. The highest BCUT2D eigenvalue weighted by atomic mass is 79.9. The van der Waals surface area contributed by atoms with Crippen LogP contribution in [0.3, 0.4) is 0 Å². The second-order valence-electron chi connectivity index (χ2n) is 3.78. The summed E-state index contributed by atoms with van der Waals surface area (Å²) >= 11 is 3.40. The van der Waals surface area contributed by atoms with E-state index in [0.717, 1.165) is 16.8 Å². The molecule has 0 aliphatic carbocycles. The first-order valence-corrected chi connectivity index (χ1v) is 6.04. The van der Waals surface area contributed by atoms with Crippen LogP contribution in [0.2, 0.25) is 0 Å². The van der Waals surface area contributed by atoms with Crippen LogP contribution in [0, 0.1) is 0 Å². The molecule has 2 heterocycles. The summed E-state index contributed by atoms with van der Waals surface area (Å²) in [5.74, 6) is 0. The number of benzene rings is 1. The molecule has 1 atom stereocenters. The third kappa shape index (κ3) is 1.68. The summed E-state index contributed by atoms with van der Waals surface area (Å²) < 4.78 is 8.70. The fourth-order valence-corrected chi connectivity index (χ4v) is 2.45. The fraction of sp³-hybridized carbons (Fsp3) is 0.250. The van der Waals surface area contributed by atoms with Crippen molar-refractivity contribution in [3.8, 4) is 0 Å². The number of hydrogen-bond donors (Lipinski definition) is 0. The van der Waals surface area contributed by atoms with Gasteiger partial charge in [0, 0.05) is 0 Å². The Morgan fingerprint density at radius 2 is 2.12 bits per heavy atom. The molecule has 0 bridgehead atoms. The average Bonchev–Trinajstić information content (AvgIpc) is 2.70. The molecule has 0 spiro atoms. The summed E-state index contributed by atoms with van der Waals surface area (Å²) in [6.07, 6.45) is 0.00810. The highest BCUT2D eigenvalue weighted by molar-refractivity contribution is 9.10. The molecule has 1 unspecified atom stereocenters. The van der Waals surface area contributed by atoms with E-state index in [0.29, 0.717) is 6.61 Å². The van der Waals surface area contributed by atoms with Gasteiger partial charge in [0.05, 0.1) is 18.8 Å². The maximum atomic E-state index is 5.82. The Hall–Kier alpha value is -1.13. The van der Waals surface area contributed by atoms with Crippen molar-refractivity contribution in [1.29, 1.82) is 0 Å². The molecule has 0 saturated carbocycles. The van der Waals surface area contributed by atoms with Gasteiger partial charge in [0.2, 0.25) is 0 Å². The minimum absolute atomic E-state index is 0.00810. The Morgan fingerprint density at radius 3 is 2.94 bits per heavy atom. The smallest absolute Gasteiger partial charge is 0.128 e. The largest absolute Gasteiger partial charge is 0.365 e. The van der Waals surface area contributed by atoms with Crippen LogP contribution in [-0.4, -0.2) is 16.4 Å². The molecule has 3 rings (SSSR count). The molecule has 0 radical (unpaired) electrons. The Kier molecular flexibility index (Phi) is 2.53. The normalized spacial score (nSPS) is 19.4. The van der Waals surface area contributed by atoms with Crippen LogP contribution >= 0.6 is 15.9 Å². The molecule has 0 fully saturated rings. The molecular weight excluding hydrogens is 268 g/mol. The Balaban J connectivity index is 2.05. The third-order valence-corrected chi connectivity index (χ3v) is 3.13. The molecule has 2 aromatic rings. The van der Waals surface area contributed by atoms with Crippen LogP contribution in [0.5, 0.6) is 0 Å². The SMILES string of the molecule is Brc1cc2n(n1)CCOC2c1ccccc1. The quantitative estimate of drug-likeness (QED) is 0.802. The first-order chi connectivity index (χ1) is 7.84. The molecule has 1 aliphatic rings. The fourth-order valence-electron chi connectivity index (χ4n) is 2.03. The highest BCUT2D eigenvalue weighted by Gasteiger charge is 2.24. The van der Waals surface area contributed by atoms with Crippen LogP contribution in [0.15, 0.2) is 41.0 Å². The summed E-state index contributed by atoms with van der Waals surface area (Å²) in [4.78, 5) is 0. The topological polar surface area (TPSA) is 27.1 Å². The van der Waals surface area contributed by atoms with Crippen molar-refractivity contribution in [3.05, 3.63) is 52.3 Å². The van der Waals surface area contributed by atoms with Crippen molar-refractivity contribution in [2.45, 2.75) is 12.6 Å². The Bertz CT molecular complexity index is 495. The molecule has 0 amide bonds. The maximum Gasteiger partial charge on any atom is 0.128 e. The van der Waals surface area contributed by atoms with E-state index in [1.54, 1.807) is 0 Å². The lowest BCUT2D eigenvalue weighted by Gasteiger charge is -2.24. The molecule has 16 heavy (non-hydrogen) atoms. The lowest BCUT2D eigenvalue weighted by molar-refractivity contribution is 0.0422. The minimum atomic E-state index is 0.00810. The first-order valence-electron chi connectivity index (χ1n) is 5.24. The molecule has 1 aromatic carbocycles. The maximum absolute atomic E-state index is 5.82. The monoisotopic (exact) mass is 278 g/mol. The van der Waals surface area contributed by atoms with E-state index in [-0.39, 0.29) is 6.10 Å². The van der Waals surface area contributed by atoms with Gasteiger partial charge in [0.1, 0.15) is 10.7 Å². The average molecular weight is 279 g/mol. The van der Waals surface area contributed by atoms with Gasteiger partial charge in [-0.15, -0.1) is 0 Å². The van der Waals surface area contributed by atoms with Crippen molar-refractivity contribution < 1.29 is 4.74 Å². The predicted octanol–water partition coefficient (Wildman–Crippen LogP) is 2.77. The van der Waals surface area contributed by atoms with Crippen molar-refractivity contribution in [2.75, 3.05) is 6.61 Å². The molecular formula is C12H11BrN2O. The van der Waals surface area contributed by atoms with Gasteiger partial charge in [-0.2, -0.15) is 5.10 Å². The van der Waals surface area contributed by atoms with E-state index < -0.39 is 0 Å². The van der Waals surface area contributed by atoms with Crippen LogP contribution in [0.1, 0.15) is 17.4 Å². The number of fused-ring (bicyclic) bond motifs is 1. The number of halogens is 1. The highest BCUT2D eigenvalue weighted by Crippen LogP contribution is 2.30. The summed E-state index contributed by atoms with van der Waals surface area (Å²) in [5, 5.41) is 4.38. The Labute approximate surface area is 102 Å². The van der Waals surface area contributed by atoms with Crippen molar-refractivity contribution in [1.82, 2.24) is 9.78 Å². The van der Waals surface area contributed by atoms with E-state index in [9.17, 15) is 0 Å². The van der Waals surface area contributed by atoms with E-state index >= 15 is 0 Å². The van der Waals surface area contributed by atoms with Crippen molar-refractivity contribution in [2.24, 2.45) is 0 Å². The predicted molar refractivity (Wildman–Crippen MR) is 64.2 cm³/mol. The van der Waals surface area contributed by atoms with Gasteiger partial charge < -0.3 is 4.74 Å². The summed E-state index contributed by atoms with van der Waals surface area (Å²) in [6, 6.07) is 12.3. The van der Waals surface area contributed by atoms with Crippen molar-refractivity contribution in [3.63, 3.8) is 0 Å². The van der Waals surface area contributed by atoms with E-state index in [2.05, 4.69) is 33.2 Å². The lowest BCUT2D eigenvalue weighted by Crippen LogP contribution is -2.22. The number of ether oxygens (including phenoxy) is 1. The van der Waals surface area contributed by atoms with E-state index in [1.165, 1.54) is 5.56 Å². The molecule has 0 N–H and O–H groups in total. The number of hydrogen-bond acceptors (Lipinski definition) is 2. The lowest BCUT2D eigenvalue weighted by atomic mass is 10.1. The van der Waals surface area contributed by atoms with Crippen LogP contribution in [-0.2, 0) is 11.3 Å². The van der Waals surface area contributed by atoms with E-state index in [1.807, 2.05) is 28.9 Å². The second-order valence-corrected chi connectivity index (χ2v) is 4.59.